The van der Waals surface area contributed by atoms with Crippen LogP contribution < -0.4 is 0 Å². The molecule has 1 amide bonds. The quantitative estimate of drug-likeness (QED) is 0.650. The van der Waals surface area contributed by atoms with Gasteiger partial charge < -0.3 is 4.90 Å². The fraction of sp³-hybridized carbons (Fsp3) is 0.786. The van der Waals surface area contributed by atoms with Crippen LogP contribution in [0.2, 0.25) is 0 Å². The molecule has 0 atom stereocenters. The first-order valence-electron chi connectivity index (χ1n) is 6.51. The van der Waals surface area contributed by atoms with Gasteiger partial charge in [-0.15, -0.1) is 6.42 Å². The van der Waals surface area contributed by atoms with E-state index in [0.29, 0.717) is 12.5 Å². The van der Waals surface area contributed by atoms with Gasteiger partial charge in [-0.05, 0) is 37.5 Å². The molecule has 88 valence electrons. The maximum atomic E-state index is 12.1. The molecule has 2 heteroatoms. The highest BCUT2D eigenvalue weighted by molar-refractivity contribution is 5.76. The van der Waals surface area contributed by atoms with Crippen LogP contribution >= 0.6 is 0 Å². The normalized spacial score (nSPS) is 20.7. The van der Waals surface area contributed by atoms with E-state index in [1.54, 1.807) is 0 Å². The number of carbonyl (C=O) groups excluding carboxylic acids is 1. The molecule has 0 spiro atoms. The molecule has 0 radical (unpaired) electrons. The minimum absolute atomic E-state index is 0.289. The standard InChI is InChI=1S/C14H21NO/c1-2-9-15(11-13-7-8-13)14(16)10-12-5-3-4-6-12/h1,12-13H,3-11H2. The van der Waals surface area contributed by atoms with Crippen molar-refractivity contribution in [2.45, 2.75) is 44.9 Å². The molecule has 0 aromatic heterocycles. The van der Waals surface area contributed by atoms with Crippen molar-refractivity contribution in [3.05, 3.63) is 0 Å². The van der Waals surface area contributed by atoms with E-state index in [9.17, 15) is 4.79 Å². The topological polar surface area (TPSA) is 20.3 Å². The van der Waals surface area contributed by atoms with Crippen LogP contribution in [0.25, 0.3) is 0 Å². The number of amides is 1. The highest BCUT2D eigenvalue weighted by Gasteiger charge is 2.28. The number of hydrogen-bond donors (Lipinski definition) is 0. The lowest BCUT2D eigenvalue weighted by Gasteiger charge is -2.21. The number of nitrogens with zero attached hydrogens (tertiary/aromatic N) is 1. The lowest BCUT2D eigenvalue weighted by molar-refractivity contribution is -0.131. The van der Waals surface area contributed by atoms with Crippen molar-refractivity contribution in [1.82, 2.24) is 4.90 Å². The van der Waals surface area contributed by atoms with Crippen molar-refractivity contribution in [3.63, 3.8) is 0 Å². The van der Waals surface area contributed by atoms with Crippen LogP contribution in [-0.4, -0.2) is 23.9 Å². The molecule has 2 nitrogen and oxygen atoms in total. The summed E-state index contributed by atoms with van der Waals surface area (Å²) in [5.41, 5.74) is 0. The minimum Gasteiger partial charge on any atom is -0.331 e. The second kappa shape index (κ2) is 5.39. The molecule has 16 heavy (non-hydrogen) atoms. The molecular weight excluding hydrogens is 198 g/mol. The Morgan fingerprint density at radius 3 is 2.44 bits per heavy atom. The third kappa shape index (κ3) is 3.27. The highest BCUT2D eigenvalue weighted by atomic mass is 16.2. The van der Waals surface area contributed by atoms with Gasteiger partial charge in [-0.2, -0.15) is 0 Å². The smallest absolute Gasteiger partial charge is 0.223 e. The van der Waals surface area contributed by atoms with Crippen molar-refractivity contribution in [2.75, 3.05) is 13.1 Å². The van der Waals surface area contributed by atoms with Crippen LogP contribution in [0.3, 0.4) is 0 Å². The van der Waals surface area contributed by atoms with Crippen molar-refractivity contribution >= 4 is 5.91 Å². The van der Waals surface area contributed by atoms with Gasteiger partial charge in [-0.3, -0.25) is 4.79 Å². The summed E-state index contributed by atoms with van der Waals surface area (Å²) in [5, 5.41) is 0. The Balaban J connectivity index is 1.80. The van der Waals surface area contributed by atoms with Crippen LogP contribution in [0.5, 0.6) is 0 Å². The first-order valence-corrected chi connectivity index (χ1v) is 6.51. The van der Waals surface area contributed by atoms with Crippen molar-refractivity contribution in [3.8, 4) is 12.3 Å². The molecule has 0 aromatic rings. The van der Waals surface area contributed by atoms with Crippen molar-refractivity contribution < 1.29 is 4.79 Å². The van der Waals surface area contributed by atoms with Crippen LogP contribution in [0.1, 0.15) is 44.9 Å². The minimum atomic E-state index is 0.289. The summed E-state index contributed by atoms with van der Waals surface area (Å²) >= 11 is 0. The van der Waals surface area contributed by atoms with Gasteiger partial charge in [0, 0.05) is 13.0 Å². The van der Waals surface area contributed by atoms with E-state index >= 15 is 0 Å². The van der Waals surface area contributed by atoms with Gasteiger partial charge in [0.25, 0.3) is 0 Å². The molecule has 2 rings (SSSR count). The van der Waals surface area contributed by atoms with Gasteiger partial charge in [-0.1, -0.05) is 18.8 Å². The average Bonchev–Trinajstić information content (AvgIpc) is 2.94. The molecule has 0 N–H and O–H groups in total. The van der Waals surface area contributed by atoms with E-state index in [1.807, 2.05) is 4.90 Å². The lowest BCUT2D eigenvalue weighted by atomic mass is 10.0. The summed E-state index contributed by atoms with van der Waals surface area (Å²) in [4.78, 5) is 14.0. The zero-order valence-electron chi connectivity index (χ0n) is 9.95. The van der Waals surface area contributed by atoms with Gasteiger partial charge >= 0.3 is 0 Å². The van der Waals surface area contributed by atoms with Gasteiger partial charge in [-0.25, -0.2) is 0 Å². The molecule has 2 aliphatic rings. The zero-order chi connectivity index (χ0) is 11.4. The van der Waals surface area contributed by atoms with Gasteiger partial charge in [0.1, 0.15) is 0 Å². The van der Waals surface area contributed by atoms with Gasteiger partial charge in [0.05, 0.1) is 6.54 Å². The average molecular weight is 219 g/mol. The van der Waals surface area contributed by atoms with Crippen LogP contribution in [0.4, 0.5) is 0 Å². The summed E-state index contributed by atoms with van der Waals surface area (Å²) in [6.45, 7) is 1.40. The molecular formula is C14H21NO. The zero-order valence-corrected chi connectivity index (χ0v) is 9.95. The molecule has 0 aliphatic heterocycles. The first kappa shape index (κ1) is 11.5. The fourth-order valence-corrected chi connectivity index (χ4v) is 2.57. The van der Waals surface area contributed by atoms with E-state index in [2.05, 4.69) is 5.92 Å². The highest BCUT2D eigenvalue weighted by Crippen LogP contribution is 2.31. The predicted octanol–water partition coefficient (Wildman–Crippen LogP) is 2.44. The number of terminal acetylenes is 1. The summed E-state index contributed by atoms with van der Waals surface area (Å²) in [6.07, 6.45) is 13.7. The summed E-state index contributed by atoms with van der Waals surface area (Å²) in [7, 11) is 0. The molecule has 0 saturated heterocycles. The molecule has 0 bridgehead atoms. The number of hydrogen-bond acceptors (Lipinski definition) is 1. The first-order chi connectivity index (χ1) is 7.79. The molecule has 2 fully saturated rings. The van der Waals surface area contributed by atoms with E-state index in [4.69, 9.17) is 6.42 Å². The molecule has 0 aromatic carbocycles. The van der Waals surface area contributed by atoms with E-state index in [0.717, 1.165) is 18.9 Å². The number of rotatable bonds is 5. The van der Waals surface area contributed by atoms with Gasteiger partial charge in [0.2, 0.25) is 5.91 Å². The Labute approximate surface area is 98.4 Å². The molecule has 2 saturated carbocycles. The summed E-state index contributed by atoms with van der Waals surface area (Å²) in [6, 6.07) is 0. The SMILES string of the molecule is C#CCN(CC1CC1)C(=O)CC1CCCC1. The third-order valence-corrected chi connectivity index (χ3v) is 3.75. The van der Waals surface area contributed by atoms with E-state index < -0.39 is 0 Å². The second-order valence-electron chi connectivity index (χ2n) is 5.28. The predicted molar refractivity (Wildman–Crippen MR) is 64.7 cm³/mol. The monoisotopic (exact) mass is 219 g/mol. The third-order valence-electron chi connectivity index (χ3n) is 3.75. The van der Waals surface area contributed by atoms with Crippen LogP contribution in [0, 0.1) is 24.2 Å². The van der Waals surface area contributed by atoms with Crippen LogP contribution in [-0.2, 0) is 4.79 Å². The molecule has 2 aliphatic carbocycles. The van der Waals surface area contributed by atoms with Crippen molar-refractivity contribution in [1.29, 1.82) is 0 Å². The summed E-state index contributed by atoms with van der Waals surface area (Å²) < 4.78 is 0. The van der Waals surface area contributed by atoms with E-state index in [-0.39, 0.29) is 5.91 Å². The Morgan fingerprint density at radius 1 is 1.19 bits per heavy atom. The van der Waals surface area contributed by atoms with Crippen molar-refractivity contribution in [2.24, 2.45) is 11.8 Å². The van der Waals surface area contributed by atoms with Crippen LogP contribution in [0.15, 0.2) is 0 Å². The summed E-state index contributed by atoms with van der Waals surface area (Å²) in [5.74, 6) is 4.27. The Morgan fingerprint density at radius 2 is 1.88 bits per heavy atom. The van der Waals surface area contributed by atoms with Gasteiger partial charge in [0.15, 0.2) is 0 Å². The number of carbonyl (C=O) groups is 1. The second-order valence-corrected chi connectivity index (χ2v) is 5.28. The maximum Gasteiger partial charge on any atom is 0.223 e. The Kier molecular flexibility index (Phi) is 3.88. The Hall–Kier alpha value is -0.970. The molecule has 0 unspecified atom stereocenters. The largest absolute Gasteiger partial charge is 0.331 e. The maximum absolute atomic E-state index is 12.1. The Bertz CT molecular complexity index is 282. The molecule has 0 heterocycles. The fourth-order valence-electron chi connectivity index (χ4n) is 2.57. The lowest BCUT2D eigenvalue weighted by Crippen LogP contribution is -2.34. The van der Waals surface area contributed by atoms with E-state index in [1.165, 1.54) is 38.5 Å².